The molecule has 26 heavy (non-hydrogen) atoms. The van der Waals surface area contributed by atoms with Gasteiger partial charge >= 0.3 is 0 Å². The minimum absolute atomic E-state index is 1.03. The van der Waals surface area contributed by atoms with E-state index in [1.54, 1.807) is 0 Å². The van der Waals surface area contributed by atoms with Crippen molar-refractivity contribution in [3.8, 4) is 0 Å². The van der Waals surface area contributed by atoms with E-state index in [2.05, 4.69) is 73.4 Å². The quantitative estimate of drug-likeness (QED) is 0.410. The Morgan fingerprint density at radius 2 is 1.62 bits per heavy atom. The summed E-state index contributed by atoms with van der Waals surface area (Å²) < 4.78 is 0. The van der Waals surface area contributed by atoms with Crippen LogP contribution in [0.2, 0.25) is 0 Å². The normalized spacial score (nSPS) is 11.5. The van der Waals surface area contributed by atoms with Gasteiger partial charge in [-0.3, -0.25) is 0 Å². The predicted octanol–water partition coefficient (Wildman–Crippen LogP) is 6.29. The lowest BCUT2D eigenvalue weighted by atomic mass is 9.99. The van der Waals surface area contributed by atoms with Crippen molar-refractivity contribution in [1.29, 1.82) is 0 Å². The summed E-state index contributed by atoms with van der Waals surface area (Å²) in [6.07, 6.45) is 5.83. The topological polar surface area (TPSA) is 28.7 Å². The van der Waals surface area contributed by atoms with E-state index in [1.807, 2.05) is 0 Å². The number of rotatable bonds is 6. The number of nitrogens with zero attached hydrogens (tertiary/aromatic N) is 1. The van der Waals surface area contributed by atoms with Gasteiger partial charge in [0.05, 0.1) is 11.0 Å². The number of fused-ring (bicyclic) bond motifs is 2. The molecular formula is C24H26N2. The highest BCUT2D eigenvalue weighted by molar-refractivity contribution is 5.85. The second kappa shape index (κ2) is 7.33. The lowest BCUT2D eigenvalue weighted by Gasteiger charge is -2.06. The van der Waals surface area contributed by atoms with Crippen LogP contribution in [0.4, 0.5) is 0 Å². The Kier molecular flexibility index (Phi) is 4.75. The molecule has 4 aromatic rings. The molecule has 0 fully saturated rings. The van der Waals surface area contributed by atoms with Gasteiger partial charge in [-0.2, -0.15) is 0 Å². The highest BCUT2D eigenvalue weighted by Crippen LogP contribution is 2.22. The highest BCUT2D eigenvalue weighted by Gasteiger charge is 2.07. The van der Waals surface area contributed by atoms with Crippen LogP contribution >= 0.6 is 0 Å². The van der Waals surface area contributed by atoms with E-state index >= 15 is 0 Å². The van der Waals surface area contributed by atoms with Crippen molar-refractivity contribution in [2.45, 2.75) is 46.0 Å². The lowest BCUT2D eigenvalue weighted by Crippen LogP contribution is -1.91. The molecule has 1 aromatic heterocycles. The van der Waals surface area contributed by atoms with Crippen LogP contribution in [0.3, 0.4) is 0 Å². The first-order valence-corrected chi connectivity index (χ1v) is 9.64. The van der Waals surface area contributed by atoms with E-state index in [1.165, 1.54) is 52.2 Å². The first kappa shape index (κ1) is 16.8. The first-order valence-electron chi connectivity index (χ1n) is 9.64. The molecule has 3 aromatic carbocycles. The van der Waals surface area contributed by atoms with Gasteiger partial charge in [0.2, 0.25) is 0 Å². The summed E-state index contributed by atoms with van der Waals surface area (Å²) in [4.78, 5) is 8.30. The van der Waals surface area contributed by atoms with Crippen LogP contribution in [0.15, 0.2) is 54.6 Å². The zero-order chi connectivity index (χ0) is 17.9. The summed E-state index contributed by atoms with van der Waals surface area (Å²) in [5.41, 5.74) is 6.37. The maximum Gasteiger partial charge on any atom is 0.107 e. The number of hydrogen-bond acceptors (Lipinski definition) is 1. The van der Waals surface area contributed by atoms with Crippen molar-refractivity contribution < 1.29 is 0 Å². The zero-order valence-corrected chi connectivity index (χ0v) is 15.7. The van der Waals surface area contributed by atoms with Gasteiger partial charge in [0.25, 0.3) is 0 Å². The van der Waals surface area contributed by atoms with Crippen LogP contribution in [0.1, 0.15) is 41.8 Å². The van der Waals surface area contributed by atoms with Gasteiger partial charge in [-0.05, 0) is 66.6 Å². The fourth-order valence-electron chi connectivity index (χ4n) is 3.78. The number of unbranched alkanes of at least 4 members (excludes halogenated alkanes) is 2. The Morgan fingerprint density at radius 3 is 2.54 bits per heavy atom. The molecule has 0 bridgehead atoms. The second-order valence-corrected chi connectivity index (χ2v) is 7.29. The van der Waals surface area contributed by atoms with Crippen LogP contribution in [-0.4, -0.2) is 9.97 Å². The minimum atomic E-state index is 1.03. The molecule has 4 rings (SSSR count). The van der Waals surface area contributed by atoms with Gasteiger partial charge in [0.1, 0.15) is 5.82 Å². The highest BCUT2D eigenvalue weighted by atomic mass is 14.9. The SMILES string of the molecule is Cc1ccc2[nH]c(CCCCCc3cccc4ccccc34)nc2c1C. The Morgan fingerprint density at radius 1 is 0.808 bits per heavy atom. The van der Waals surface area contributed by atoms with Crippen molar-refractivity contribution >= 4 is 21.8 Å². The summed E-state index contributed by atoms with van der Waals surface area (Å²) >= 11 is 0. The minimum Gasteiger partial charge on any atom is -0.342 e. The van der Waals surface area contributed by atoms with Crippen molar-refractivity contribution in [1.82, 2.24) is 9.97 Å². The van der Waals surface area contributed by atoms with Gasteiger partial charge in [0.15, 0.2) is 0 Å². The summed E-state index contributed by atoms with van der Waals surface area (Å²) in [7, 11) is 0. The molecule has 0 aliphatic heterocycles. The van der Waals surface area contributed by atoms with E-state index in [-0.39, 0.29) is 0 Å². The van der Waals surface area contributed by atoms with Crippen molar-refractivity contribution in [2.75, 3.05) is 0 Å². The third-order valence-corrected chi connectivity index (χ3v) is 5.47. The van der Waals surface area contributed by atoms with Gasteiger partial charge in [0, 0.05) is 6.42 Å². The number of aromatic amines is 1. The predicted molar refractivity (Wildman–Crippen MR) is 111 cm³/mol. The monoisotopic (exact) mass is 342 g/mol. The Labute approximate surface area is 155 Å². The largest absolute Gasteiger partial charge is 0.342 e. The molecule has 0 unspecified atom stereocenters. The standard InChI is InChI=1S/C24H26N2/c1-17-15-16-22-24(18(17)2)26-23(25-22)14-5-3-4-9-19-11-8-12-20-10-6-7-13-21(19)20/h6-8,10-13,15-16H,3-5,9,14H2,1-2H3,(H,25,26). The first-order chi connectivity index (χ1) is 12.7. The van der Waals surface area contributed by atoms with Gasteiger partial charge in [-0.25, -0.2) is 4.98 Å². The summed E-state index contributed by atoms with van der Waals surface area (Å²) in [6, 6.07) is 19.7. The molecule has 2 heteroatoms. The van der Waals surface area contributed by atoms with Crippen LogP contribution < -0.4 is 0 Å². The smallest absolute Gasteiger partial charge is 0.107 e. The Hall–Kier alpha value is -2.61. The van der Waals surface area contributed by atoms with Crippen molar-refractivity contribution in [2.24, 2.45) is 0 Å². The molecule has 0 aliphatic rings. The molecular weight excluding hydrogens is 316 g/mol. The van der Waals surface area contributed by atoms with E-state index in [0.29, 0.717) is 0 Å². The zero-order valence-electron chi connectivity index (χ0n) is 15.7. The molecule has 0 saturated carbocycles. The third kappa shape index (κ3) is 3.37. The average Bonchev–Trinajstić information content (AvgIpc) is 3.08. The Bertz CT molecular complexity index is 1040. The summed E-state index contributed by atoms with van der Waals surface area (Å²) in [6.45, 7) is 4.31. The fraction of sp³-hybridized carbons (Fsp3) is 0.292. The lowest BCUT2D eigenvalue weighted by molar-refractivity contribution is 0.668. The number of H-pyrrole nitrogens is 1. The van der Waals surface area contributed by atoms with E-state index in [4.69, 9.17) is 4.98 Å². The molecule has 0 saturated heterocycles. The molecule has 0 atom stereocenters. The van der Waals surface area contributed by atoms with Crippen LogP contribution in [0.25, 0.3) is 21.8 Å². The van der Waals surface area contributed by atoms with Crippen LogP contribution in [-0.2, 0) is 12.8 Å². The van der Waals surface area contributed by atoms with Crippen LogP contribution in [0.5, 0.6) is 0 Å². The number of hydrogen-bond donors (Lipinski definition) is 1. The fourth-order valence-corrected chi connectivity index (χ4v) is 3.78. The number of aromatic nitrogens is 2. The number of imidazole rings is 1. The number of aryl methyl sites for hydroxylation is 4. The van der Waals surface area contributed by atoms with Crippen molar-refractivity contribution in [3.05, 3.63) is 77.1 Å². The van der Waals surface area contributed by atoms with Gasteiger partial charge < -0.3 is 4.98 Å². The Balaban J connectivity index is 1.33. The van der Waals surface area contributed by atoms with E-state index in [0.717, 1.165) is 24.2 Å². The summed E-state index contributed by atoms with van der Waals surface area (Å²) in [5.74, 6) is 1.12. The molecule has 1 N–H and O–H groups in total. The molecule has 132 valence electrons. The molecule has 2 nitrogen and oxygen atoms in total. The van der Waals surface area contributed by atoms with E-state index < -0.39 is 0 Å². The summed E-state index contributed by atoms with van der Waals surface area (Å²) in [5, 5.41) is 2.75. The van der Waals surface area contributed by atoms with Gasteiger partial charge in [-0.15, -0.1) is 0 Å². The van der Waals surface area contributed by atoms with Crippen molar-refractivity contribution in [3.63, 3.8) is 0 Å². The number of benzene rings is 3. The molecule has 0 spiro atoms. The van der Waals surface area contributed by atoms with E-state index in [9.17, 15) is 0 Å². The van der Waals surface area contributed by atoms with Crippen LogP contribution in [0, 0.1) is 13.8 Å². The van der Waals surface area contributed by atoms with Gasteiger partial charge in [-0.1, -0.05) is 55.0 Å². The maximum absolute atomic E-state index is 4.81. The maximum atomic E-state index is 4.81. The molecule has 0 aliphatic carbocycles. The average molecular weight is 342 g/mol. The third-order valence-electron chi connectivity index (χ3n) is 5.47. The molecule has 0 amide bonds. The number of nitrogens with one attached hydrogen (secondary N) is 1. The molecule has 0 radical (unpaired) electrons. The molecule has 1 heterocycles. The second-order valence-electron chi connectivity index (χ2n) is 7.29.